The van der Waals surface area contributed by atoms with Gasteiger partial charge in [-0.25, -0.2) is 13.2 Å². The van der Waals surface area contributed by atoms with Crippen LogP contribution in [0.15, 0.2) is 47.4 Å². The molecule has 12 heteroatoms. The molecule has 0 saturated carbocycles. The number of anilines is 2. The van der Waals surface area contributed by atoms with E-state index in [1.165, 1.54) is 41.6 Å². The fourth-order valence-corrected chi connectivity index (χ4v) is 4.62. The number of carbonyl (C=O) groups is 3. The SMILES string of the molecule is CC(=O)Nc1cccc(C(=O)OCC(=O)Nc2cc(S(=O)(=O)N3CCOCC3)ccc2Cl)c1. The lowest BCUT2D eigenvalue weighted by Crippen LogP contribution is -2.40. The molecule has 2 aromatic carbocycles. The van der Waals surface area contributed by atoms with Gasteiger partial charge >= 0.3 is 5.97 Å². The van der Waals surface area contributed by atoms with Crippen molar-refractivity contribution in [3.8, 4) is 0 Å². The molecule has 0 spiro atoms. The summed E-state index contributed by atoms with van der Waals surface area (Å²) in [5, 5.41) is 5.13. The molecule has 0 radical (unpaired) electrons. The highest BCUT2D eigenvalue weighted by Gasteiger charge is 2.27. The lowest BCUT2D eigenvalue weighted by Gasteiger charge is -2.26. The van der Waals surface area contributed by atoms with Crippen molar-refractivity contribution in [2.45, 2.75) is 11.8 Å². The lowest BCUT2D eigenvalue weighted by atomic mass is 10.2. The van der Waals surface area contributed by atoms with Gasteiger partial charge in [-0.3, -0.25) is 9.59 Å². The Balaban J connectivity index is 1.64. The van der Waals surface area contributed by atoms with Gasteiger partial charge in [-0.05, 0) is 36.4 Å². The molecule has 1 aliphatic rings. The average molecular weight is 496 g/mol. The first-order valence-electron chi connectivity index (χ1n) is 9.89. The molecule has 1 saturated heterocycles. The van der Waals surface area contributed by atoms with E-state index in [0.29, 0.717) is 18.9 Å². The summed E-state index contributed by atoms with van der Waals surface area (Å²) in [4.78, 5) is 35.6. The minimum absolute atomic E-state index is 0.0316. The molecule has 0 atom stereocenters. The Labute approximate surface area is 195 Å². The van der Waals surface area contributed by atoms with E-state index in [0.717, 1.165) is 0 Å². The van der Waals surface area contributed by atoms with E-state index in [1.807, 2.05) is 0 Å². The summed E-state index contributed by atoms with van der Waals surface area (Å²) in [6.45, 7) is 1.77. The summed E-state index contributed by atoms with van der Waals surface area (Å²) < 4.78 is 37.1. The maximum Gasteiger partial charge on any atom is 0.338 e. The number of nitrogens with one attached hydrogen (secondary N) is 2. The molecule has 0 bridgehead atoms. The Bertz CT molecular complexity index is 1160. The highest BCUT2D eigenvalue weighted by Crippen LogP contribution is 2.27. The number of carbonyl (C=O) groups excluding carboxylic acids is 3. The number of halogens is 1. The van der Waals surface area contributed by atoms with E-state index in [-0.39, 0.29) is 40.2 Å². The molecule has 0 unspecified atom stereocenters. The lowest BCUT2D eigenvalue weighted by molar-refractivity contribution is -0.119. The van der Waals surface area contributed by atoms with Crippen LogP contribution in [-0.4, -0.2) is 63.4 Å². The minimum atomic E-state index is -3.78. The van der Waals surface area contributed by atoms with Crippen molar-refractivity contribution in [3.05, 3.63) is 53.1 Å². The van der Waals surface area contributed by atoms with Crippen LogP contribution in [0.5, 0.6) is 0 Å². The van der Waals surface area contributed by atoms with Crippen molar-refractivity contribution >= 4 is 50.8 Å². The molecule has 176 valence electrons. The van der Waals surface area contributed by atoms with E-state index in [4.69, 9.17) is 21.1 Å². The van der Waals surface area contributed by atoms with Crippen molar-refractivity contribution in [3.63, 3.8) is 0 Å². The van der Waals surface area contributed by atoms with Gasteiger partial charge in [-0.1, -0.05) is 17.7 Å². The normalized spacial score (nSPS) is 14.4. The number of amides is 2. The smallest absolute Gasteiger partial charge is 0.338 e. The first-order chi connectivity index (χ1) is 15.7. The summed E-state index contributed by atoms with van der Waals surface area (Å²) in [6, 6.07) is 10.0. The van der Waals surface area contributed by atoms with Gasteiger partial charge in [0, 0.05) is 25.7 Å². The minimum Gasteiger partial charge on any atom is -0.452 e. The molecule has 2 amide bonds. The summed E-state index contributed by atoms with van der Waals surface area (Å²) in [6.07, 6.45) is 0. The number of sulfonamides is 1. The van der Waals surface area contributed by atoms with E-state index < -0.39 is 28.5 Å². The maximum atomic E-state index is 12.8. The molecule has 10 nitrogen and oxygen atoms in total. The quantitative estimate of drug-likeness (QED) is 0.562. The van der Waals surface area contributed by atoms with Gasteiger partial charge in [0.2, 0.25) is 15.9 Å². The van der Waals surface area contributed by atoms with Crippen LogP contribution in [0.1, 0.15) is 17.3 Å². The van der Waals surface area contributed by atoms with Crippen LogP contribution < -0.4 is 10.6 Å². The highest BCUT2D eigenvalue weighted by molar-refractivity contribution is 7.89. The van der Waals surface area contributed by atoms with Gasteiger partial charge in [0.25, 0.3) is 5.91 Å². The summed E-state index contributed by atoms with van der Waals surface area (Å²) in [5.41, 5.74) is 0.622. The zero-order valence-corrected chi connectivity index (χ0v) is 19.2. The summed E-state index contributed by atoms with van der Waals surface area (Å²) in [5.74, 6) is -1.77. The molecular formula is C21H22ClN3O7S. The van der Waals surface area contributed by atoms with Gasteiger partial charge < -0.3 is 20.1 Å². The monoisotopic (exact) mass is 495 g/mol. The fourth-order valence-electron chi connectivity index (χ4n) is 3.02. The predicted octanol–water partition coefficient (Wildman–Crippen LogP) is 2.11. The van der Waals surface area contributed by atoms with Crippen LogP contribution in [0, 0.1) is 0 Å². The van der Waals surface area contributed by atoms with Gasteiger partial charge in [-0.15, -0.1) is 0 Å². The third-order valence-electron chi connectivity index (χ3n) is 4.57. The number of morpholine rings is 1. The van der Waals surface area contributed by atoms with Crippen molar-refractivity contribution in [2.24, 2.45) is 0 Å². The van der Waals surface area contributed by atoms with Gasteiger partial charge in [-0.2, -0.15) is 4.31 Å². The first kappa shape index (κ1) is 24.6. The predicted molar refractivity (Wildman–Crippen MR) is 121 cm³/mol. The summed E-state index contributed by atoms with van der Waals surface area (Å²) in [7, 11) is -3.78. The van der Waals surface area contributed by atoms with Gasteiger partial charge in [0.05, 0.1) is 34.4 Å². The largest absolute Gasteiger partial charge is 0.452 e. The van der Waals surface area contributed by atoms with Crippen LogP contribution in [-0.2, 0) is 29.1 Å². The van der Waals surface area contributed by atoms with E-state index in [2.05, 4.69) is 10.6 Å². The number of esters is 1. The number of hydrogen-bond donors (Lipinski definition) is 2. The molecule has 3 rings (SSSR count). The highest BCUT2D eigenvalue weighted by atomic mass is 35.5. The molecule has 2 aromatic rings. The topological polar surface area (TPSA) is 131 Å². The second-order valence-electron chi connectivity index (χ2n) is 7.04. The van der Waals surface area contributed by atoms with Crippen LogP contribution in [0.4, 0.5) is 11.4 Å². The van der Waals surface area contributed by atoms with Crippen LogP contribution in [0.3, 0.4) is 0 Å². The second kappa shape index (κ2) is 10.8. The number of benzene rings is 2. The van der Waals surface area contributed by atoms with E-state index in [9.17, 15) is 22.8 Å². The Kier molecular flexibility index (Phi) is 8.03. The molecule has 0 aromatic heterocycles. The van der Waals surface area contributed by atoms with E-state index in [1.54, 1.807) is 12.1 Å². The van der Waals surface area contributed by atoms with E-state index >= 15 is 0 Å². The van der Waals surface area contributed by atoms with Crippen molar-refractivity contribution in [1.82, 2.24) is 4.31 Å². The van der Waals surface area contributed by atoms with Crippen LogP contribution in [0.2, 0.25) is 5.02 Å². The van der Waals surface area contributed by atoms with Gasteiger partial charge in [0.1, 0.15) is 0 Å². The number of hydrogen-bond acceptors (Lipinski definition) is 7. The number of ether oxygens (including phenoxy) is 2. The Morgan fingerprint density at radius 2 is 1.82 bits per heavy atom. The Morgan fingerprint density at radius 1 is 1.09 bits per heavy atom. The Morgan fingerprint density at radius 3 is 2.52 bits per heavy atom. The third-order valence-corrected chi connectivity index (χ3v) is 6.80. The van der Waals surface area contributed by atoms with Crippen LogP contribution in [0.25, 0.3) is 0 Å². The van der Waals surface area contributed by atoms with Crippen molar-refractivity contribution in [1.29, 1.82) is 0 Å². The molecule has 1 heterocycles. The number of rotatable bonds is 7. The molecular weight excluding hydrogens is 474 g/mol. The van der Waals surface area contributed by atoms with Crippen molar-refractivity contribution in [2.75, 3.05) is 43.5 Å². The molecule has 2 N–H and O–H groups in total. The molecule has 1 fully saturated rings. The molecule has 0 aliphatic carbocycles. The summed E-state index contributed by atoms with van der Waals surface area (Å²) >= 11 is 6.11. The third kappa shape index (κ3) is 6.51. The van der Waals surface area contributed by atoms with Gasteiger partial charge in [0.15, 0.2) is 6.61 Å². The second-order valence-corrected chi connectivity index (χ2v) is 9.39. The van der Waals surface area contributed by atoms with Crippen molar-refractivity contribution < 1.29 is 32.3 Å². The average Bonchev–Trinajstić information content (AvgIpc) is 2.79. The fraction of sp³-hybridized carbons (Fsp3) is 0.286. The molecule has 33 heavy (non-hydrogen) atoms. The first-order valence-corrected chi connectivity index (χ1v) is 11.7. The van der Waals surface area contributed by atoms with Crippen LogP contribution >= 0.6 is 11.6 Å². The Hall–Kier alpha value is -2.99. The number of nitrogens with zero attached hydrogens (tertiary/aromatic N) is 1. The zero-order valence-electron chi connectivity index (χ0n) is 17.7. The zero-order chi connectivity index (χ0) is 24.0. The standard InChI is InChI=1S/C21H22ClN3O7S/c1-14(26)23-16-4-2-3-15(11-16)21(28)32-13-20(27)24-19-12-17(5-6-18(19)22)33(29,30)25-7-9-31-10-8-25/h2-6,11-12H,7-10,13H2,1H3,(H,23,26)(H,24,27). The molecule has 1 aliphatic heterocycles. The maximum absolute atomic E-state index is 12.8.